The lowest BCUT2D eigenvalue weighted by Gasteiger charge is -2.32. The highest BCUT2D eigenvalue weighted by atomic mass is 35.5. The summed E-state index contributed by atoms with van der Waals surface area (Å²) in [7, 11) is -4.21. The molecule has 2 amide bonds. The van der Waals surface area contributed by atoms with Crippen molar-refractivity contribution in [3.8, 4) is 5.75 Å². The topological polar surface area (TPSA) is 96.0 Å². The standard InChI is InChI=1S/C30H35Cl2N3O5S/c1-4-6-18-33-30(37)22(3)34(20-23-16-17-25(31)26(32)19-23)29(36)21-35(27-14-10-11-15-28(27)40-5-2)41(38,39)24-12-8-7-9-13-24/h7-17,19,22H,4-6,18,20-21H2,1-3H3,(H,33,37). The Morgan fingerprint density at radius 3 is 2.29 bits per heavy atom. The van der Waals surface area contributed by atoms with Gasteiger partial charge in [-0.3, -0.25) is 13.9 Å². The zero-order chi connectivity index (χ0) is 30.0. The maximum atomic E-state index is 14.0. The second-order valence-corrected chi connectivity index (χ2v) is 12.0. The lowest BCUT2D eigenvalue weighted by atomic mass is 10.1. The molecule has 0 saturated carbocycles. The van der Waals surface area contributed by atoms with Crippen molar-refractivity contribution in [2.24, 2.45) is 0 Å². The van der Waals surface area contributed by atoms with Gasteiger partial charge in [-0.2, -0.15) is 0 Å². The number of ether oxygens (including phenoxy) is 1. The van der Waals surface area contributed by atoms with E-state index in [1.807, 2.05) is 6.92 Å². The number of carbonyl (C=O) groups excluding carboxylic acids is 2. The Kier molecular flexibility index (Phi) is 11.9. The quantitative estimate of drug-likeness (QED) is 0.226. The summed E-state index contributed by atoms with van der Waals surface area (Å²) in [4.78, 5) is 28.5. The van der Waals surface area contributed by atoms with Crippen LogP contribution in [-0.2, 0) is 26.2 Å². The first-order chi connectivity index (χ1) is 19.6. The molecule has 3 aromatic carbocycles. The minimum Gasteiger partial charge on any atom is -0.492 e. The van der Waals surface area contributed by atoms with E-state index in [-0.39, 0.29) is 23.0 Å². The number of rotatable bonds is 14. The normalized spacial score (nSPS) is 11.9. The molecule has 0 aliphatic carbocycles. The van der Waals surface area contributed by atoms with Crippen LogP contribution in [0.1, 0.15) is 39.2 Å². The van der Waals surface area contributed by atoms with Crippen LogP contribution in [0.5, 0.6) is 5.75 Å². The predicted octanol–water partition coefficient (Wildman–Crippen LogP) is 5.92. The monoisotopic (exact) mass is 619 g/mol. The Morgan fingerprint density at radius 2 is 1.63 bits per heavy atom. The van der Waals surface area contributed by atoms with Gasteiger partial charge in [0.25, 0.3) is 10.0 Å². The molecule has 8 nitrogen and oxygen atoms in total. The summed E-state index contributed by atoms with van der Waals surface area (Å²) in [6, 6.07) is 18.5. The first kappa shape index (κ1) is 32.2. The van der Waals surface area contributed by atoms with E-state index in [9.17, 15) is 18.0 Å². The van der Waals surface area contributed by atoms with Crippen molar-refractivity contribution in [3.05, 3.63) is 88.4 Å². The summed E-state index contributed by atoms with van der Waals surface area (Å²) in [5, 5.41) is 3.51. The minimum atomic E-state index is -4.21. The molecule has 0 saturated heterocycles. The Bertz CT molecular complexity index is 1440. The van der Waals surface area contributed by atoms with Crippen molar-refractivity contribution in [2.75, 3.05) is 24.0 Å². The number of hydrogen-bond donors (Lipinski definition) is 1. The Labute approximate surface area is 252 Å². The second-order valence-electron chi connectivity index (χ2n) is 9.32. The summed E-state index contributed by atoms with van der Waals surface area (Å²) in [6.07, 6.45) is 1.68. The number of benzene rings is 3. The van der Waals surface area contributed by atoms with Gasteiger partial charge in [-0.1, -0.05) is 72.9 Å². The average Bonchev–Trinajstić information content (AvgIpc) is 2.97. The van der Waals surface area contributed by atoms with Gasteiger partial charge < -0.3 is 15.0 Å². The zero-order valence-corrected chi connectivity index (χ0v) is 25.7. The number of unbranched alkanes of at least 4 members (excludes halogenated alkanes) is 1. The molecule has 11 heteroatoms. The van der Waals surface area contributed by atoms with Crippen molar-refractivity contribution in [3.63, 3.8) is 0 Å². The second kappa shape index (κ2) is 15.1. The molecule has 1 N–H and O–H groups in total. The Balaban J connectivity index is 2.05. The lowest BCUT2D eigenvalue weighted by molar-refractivity contribution is -0.139. The molecule has 0 spiro atoms. The van der Waals surface area contributed by atoms with Crippen molar-refractivity contribution < 1.29 is 22.7 Å². The highest BCUT2D eigenvalue weighted by Gasteiger charge is 2.33. The van der Waals surface area contributed by atoms with Gasteiger partial charge in [0.2, 0.25) is 11.8 Å². The van der Waals surface area contributed by atoms with Gasteiger partial charge in [0, 0.05) is 13.1 Å². The number of nitrogens with zero attached hydrogens (tertiary/aromatic N) is 2. The summed E-state index contributed by atoms with van der Waals surface area (Å²) in [5.74, 6) is -0.622. The molecule has 0 aliphatic heterocycles. The molecule has 41 heavy (non-hydrogen) atoms. The summed E-state index contributed by atoms with van der Waals surface area (Å²) in [6.45, 7) is 5.60. The predicted molar refractivity (Wildman–Crippen MR) is 163 cm³/mol. The maximum absolute atomic E-state index is 14.0. The van der Waals surface area contributed by atoms with Crippen LogP contribution in [0.3, 0.4) is 0 Å². The van der Waals surface area contributed by atoms with Gasteiger partial charge >= 0.3 is 0 Å². The third-order valence-corrected chi connectivity index (χ3v) is 8.89. The van der Waals surface area contributed by atoms with E-state index in [0.29, 0.717) is 34.5 Å². The fourth-order valence-corrected chi connectivity index (χ4v) is 5.89. The Morgan fingerprint density at radius 1 is 0.951 bits per heavy atom. The van der Waals surface area contributed by atoms with Gasteiger partial charge in [-0.05, 0) is 62.2 Å². The third-order valence-electron chi connectivity index (χ3n) is 6.38. The van der Waals surface area contributed by atoms with Gasteiger partial charge in [0.1, 0.15) is 18.3 Å². The van der Waals surface area contributed by atoms with E-state index in [0.717, 1.165) is 17.1 Å². The number of amides is 2. The van der Waals surface area contributed by atoms with Crippen LogP contribution in [0.25, 0.3) is 0 Å². The first-order valence-electron chi connectivity index (χ1n) is 13.4. The smallest absolute Gasteiger partial charge is 0.264 e. The van der Waals surface area contributed by atoms with E-state index in [4.69, 9.17) is 27.9 Å². The summed E-state index contributed by atoms with van der Waals surface area (Å²) in [5.41, 5.74) is 0.842. The van der Waals surface area contributed by atoms with E-state index in [2.05, 4.69) is 5.32 Å². The van der Waals surface area contributed by atoms with Crippen LogP contribution in [-0.4, -0.2) is 50.9 Å². The number of carbonyl (C=O) groups is 2. The molecule has 0 fully saturated rings. The molecular weight excluding hydrogens is 585 g/mol. The van der Waals surface area contributed by atoms with Gasteiger partial charge in [-0.15, -0.1) is 0 Å². The van der Waals surface area contributed by atoms with Crippen molar-refractivity contribution in [2.45, 2.75) is 51.1 Å². The minimum absolute atomic E-state index is 0.00438. The lowest BCUT2D eigenvalue weighted by Crippen LogP contribution is -2.51. The highest BCUT2D eigenvalue weighted by Crippen LogP contribution is 2.33. The van der Waals surface area contributed by atoms with Crippen LogP contribution < -0.4 is 14.4 Å². The third kappa shape index (κ3) is 8.38. The molecule has 1 atom stereocenters. The molecule has 0 heterocycles. The Hall–Kier alpha value is -3.27. The van der Waals surface area contributed by atoms with Crippen LogP contribution in [0.2, 0.25) is 10.0 Å². The highest BCUT2D eigenvalue weighted by molar-refractivity contribution is 7.92. The number of halogens is 2. The average molecular weight is 621 g/mol. The molecule has 3 aromatic rings. The van der Waals surface area contributed by atoms with E-state index < -0.39 is 28.5 Å². The molecule has 0 radical (unpaired) electrons. The fraction of sp³-hybridized carbons (Fsp3) is 0.333. The van der Waals surface area contributed by atoms with E-state index in [1.165, 1.54) is 17.0 Å². The SMILES string of the molecule is CCCCNC(=O)C(C)N(Cc1ccc(Cl)c(Cl)c1)C(=O)CN(c1ccccc1OCC)S(=O)(=O)c1ccccc1. The molecule has 220 valence electrons. The van der Waals surface area contributed by atoms with Gasteiger partial charge in [-0.25, -0.2) is 8.42 Å². The molecule has 0 aliphatic rings. The number of anilines is 1. The first-order valence-corrected chi connectivity index (χ1v) is 15.6. The number of para-hydroxylation sites is 2. The van der Waals surface area contributed by atoms with E-state index >= 15 is 0 Å². The molecule has 0 bridgehead atoms. The maximum Gasteiger partial charge on any atom is 0.264 e. The zero-order valence-electron chi connectivity index (χ0n) is 23.3. The van der Waals surface area contributed by atoms with Crippen molar-refractivity contribution in [1.29, 1.82) is 0 Å². The largest absolute Gasteiger partial charge is 0.492 e. The van der Waals surface area contributed by atoms with Gasteiger partial charge in [0.05, 0.1) is 27.2 Å². The van der Waals surface area contributed by atoms with E-state index in [1.54, 1.807) is 74.5 Å². The fourth-order valence-electron chi connectivity index (χ4n) is 4.13. The molecule has 0 aromatic heterocycles. The van der Waals surface area contributed by atoms with Crippen molar-refractivity contribution >= 4 is 50.7 Å². The van der Waals surface area contributed by atoms with Crippen molar-refractivity contribution in [1.82, 2.24) is 10.2 Å². The van der Waals surface area contributed by atoms with Crippen LogP contribution in [0, 0.1) is 0 Å². The summed E-state index contributed by atoms with van der Waals surface area (Å²) >= 11 is 12.3. The molecular formula is C30H35Cl2N3O5S. The number of hydrogen-bond acceptors (Lipinski definition) is 5. The van der Waals surface area contributed by atoms with Crippen LogP contribution >= 0.6 is 23.2 Å². The number of sulfonamides is 1. The summed E-state index contributed by atoms with van der Waals surface area (Å²) < 4.78 is 34.7. The number of nitrogens with one attached hydrogen (secondary N) is 1. The molecule has 1 unspecified atom stereocenters. The van der Waals surface area contributed by atoms with Crippen LogP contribution in [0.15, 0.2) is 77.7 Å². The van der Waals surface area contributed by atoms with Gasteiger partial charge in [0.15, 0.2) is 0 Å². The van der Waals surface area contributed by atoms with Crippen LogP contribution in [0.4, 0.5) is 5.69 Å². The molecule has 3 rings (SSSR count).